The van der Waals surface area contributed by atoms with Gasteiger partial charge in [0.2, 0.25) is 0 Å². The highest BCUT2D eigenvalue weighted by atomic mass is 16.2. The molecule has 0 spiro atoms. The minimum Gasteiger partial charge on any atom is -0.359 e. The van der Waals surface area contributed by atoms with Gasteiger partial charge in [0, 0.05) is 16.5 Å². The number of hydrogen-bond donors (Lipinski definition) is 1. The van der Waals surface area contributed by atoms with Crippen LogP contribution in [0.15, 0.2) is 109 Å². The van der Waals surface area contributed by atoms with E-state index in [2.05, 4.69) is 66.0 Å². The average Bonchev–Trinajstić information content (AvgIpc) is 3.28. The molecule has 0 fully saturated rings. The third-order valence-corrected chi connectivity index (χ3v) is 6.80. The lowest BCUT2D eigenvalue weighted by atomic mass is 9.86. The van der Waals surface area contributed by atoms with Crippen molar-refractivity contribution in [3.05, 3.63) is 120 Å². The highest BCUT2D eigenvalue weighted by Crippen LogP contribution is 2.49. The van der Waals surface area contributed by atoms with Crippen LogP contribution in [0.25, 0.3) is 33.0 Å². The van der Waals surface area contributed by atoms with E-state index in [1.807, 2.05) is 53.4 Å². The van der Waals surface area contributed by atoms with Crippen LogP contribution in [0, 0.1) is 0 Å². The molecule has 5 aromatic rings. The molecule has 0 aliphatic carbocycles. The molecule has 2 heterocycles. The summed E-state index contributed by atoms with van der Waals surface area (Å²) in [5.74, 6) is 0.0398. The normalized spacial score (nSPS) is 15.8. The van der Waals surface area contributed by atoms with Crippen LogP contribution in [0.2, 0.25) is 0 Å². The third kappa shape index (κ3) is 2.60. The first kappa shape index (κ1) is 18.2. The highest BCUT2D eigenvalue weighted by molar-refractivity contribution is 6.22. The fourth-order valence-corrected chi connectivity index (χ4v) is 5.30. The summed E-state index contributed by atoms with van der Waals surface area (Å²) in [6, 6.07) is 37.4. The Hall–Kier alpha value is -4.37. The molecule has 1 atom stereocenters. The maximum atomic E-state index is 14.0. The van der Waals surface area contributed by atoms with E-state index in [9.17, 15) is 4.79 Å². The lowest BCUT2D eigenvalue weighted by Gasteiger charge is -2.32. The Morgan fingerprint density at radius 1 is 0.636 bits per heavy atom. The zero-order chi connectivity index (χ0) is 21.9. The van der Waals surface area contributed by atoms with Crippen LogP contribution < -0.4 is 10.2 Å². The van der Waals surface area contributed by atoms with Crippen molar-refractivity contribution in [2.75, 3.05) is 10.2 Å². The first-order valence-corrected chi connectivity index (χ1v) is 11.2. The quantitative estimate of drug-likeness (QED) is 0.323. The number of benzene rings is 5. The van der Waals surface area contributed by atoms with E-state index in [-0.39, 0.29) is 12.1 Å². The summed E-state index contributed by atoms with van der Waals surface area (Å²) in [5.41, 5.74) is 8.28. The van der Waals surface area contributed by atoms with E-state index in [0.717, 1.165) is 55.5 Å². The number of carbonyl (C=O) groups excluding carboxylic acids is 1. The number of fused-ring (bicyclic) bond motifs is 4. The van der Waals surface area contributed by atoms with Gasteiger partial charge in [-0.1, -0.05) is 84.9 Å². The van der Waals surface area contributed by atoms with Gasteiger partial charge in [-0.3, -0.25) is 9.69 Å². The number of carbonyl (C=O) groups is 1. The molecule has 3 nitrogen and oxygen atoms in total. The fourth-order valence-electron chi connectivity index (χ4n) is 5.30. The van der Waals surface area contributed by atoms with Crippen LogP contribution in [-0.4, -0.2) is 5.91 Å². The van der Waals surface area contributed by atoms with Gasteiger partial charge in [0.25, 0.3) is 5.91 Å². The van der Waals surface area contributed by atoms with Crippen molar-refractivity contribution in [3.8, 4) is 22.3 Å². The number of para-hydroxylation sites is 2. The SMILES string of the molecule is O=C1c2cc(-c3ccccc3)cc3c(-c4ccccc4)ccc(c23)C2Nc3ccccc3N12. The average molecular weight is 425 g/mol. The molecule has 1 unspecified atom stereocenters. The Morgan fingerprint density at radius 2 is 1.33 bits per heavy atom. The van der Waals surface area contributed by atoms with Gasteiger partial charge in [-0.15, -0.1) is 0 Å². The molecule has 0 bridgehead atoms. The summed E-state index contributed by atoms with van der Waals surface area (Å²) in [4.78, 5) is 15.9. The number of nitrogens with one attached hydrogen (secondary N) is 1. The molecule has 156 valence electrons. The molecule has 0 radical (unpaired) electrons. The molecule has 33 heavy (non-hydrogen) atoms. The minimum absolute atomic E-state index is 0.0398. The molecule has 2 aliphatic heterocycles. The van der Waals surface area contributed by atoms with Crippen molar-refractivity contribution in [1.29, 1.82) is 0 Å². The molecule has 0 saturated heterocycles. The predicted octanol–water partition coefficient (Wildman–Crippen LogP) is 7.26. The van der Waals surface area contributed by atoms with E-state index in [4.69, 9.17) is 0 Å². The third-order valence-electron chi connectivity index (χ3n) is 6.80. The van der Waals surface area contributed by atoms with Crippen molar-refractivity contribution < 1.29 is 4.79 Å². The fraction of sp³-hybridized carbons (Fsp3) is 0.0333. The summed E-state index contributed by atoms with van der Waals surface area (Å²) >= 11 is 0. The first-order chi connectivity index (χ1) is 16.3. The Kier molecular flexibility index (Phi) is 3.76. The number of nitrogens with zero attached hydrogens (tertiary/aromatic N) is 1. The summed E-state index contributed by atoms with van der Waals surface area (Å²) in [6.45, 7) is 0. The molecule has 0 saturated carbocycles. The van der Waals surface area contributed by atoms with Gasteiger partial charge in [-0.25, -0.2) is 0 Å². The summed E-state index contributed by atoms with van der Waals surface area (Å²) < 4.78 is 0. The van der Waals surface area contributed by atoms with E-state index in [0.29, 0.717) is 0 Å². The van der Waals surface area contributed by atoms with Crippen molar-refractivity contribution in [1.82, 2.24) is 0 Å². The highest BCUT2D eigenvalue weighted by Gasteiger charge is 2.40. The molecular weight excluding hydrogens is 404 g/mol. The van der Waals surface area contributed by atoms with Gasteiger partial charge in [0.05, 0.1) is 11.4 Å². The number of hydrogen-bond acceptors (Lipinski definition) is 2. The van der Waals surface area contributed by atoms with Gasteiger partial charge in [0.15, 0.2) is 0 Å². The zero-order valence-electron chi connectivity index (χ0n) is 17.8. The number of anilines is 2. The van der Waals surface area contributed by atoms with Crippen LogP contribution in [-0.2, 0) is 0 Å². The maximum Gasteiger partial charge on any atom is 0.260 e. The van der Waals surface area contributed by atoms with Crippen LogP contribution >= 0.6 is 0 Å². The smallest absolute Gasteiger partial charge is 0.260 e. The molecule has 7 rings (SSSR count). The molecule has 1 amide bonds. The van der Waals surface area contributed by atoms with E-state index < -0.39 is 0 Å². The standard InChI is InChI=1S/C30H20N2O/c33-30-25-18-21(19-9-3-1-4-10-19)17-24-22(20-11-5-2-6-12-20)15-16-23(28(24)25)29-31-26-13-7-8-14-27(26)32(29)30/h1-18,29,31H. The predicted molar refractivity (Wildman–Crippen MR) is 134 cm³/mol. The zero-order valence-corrected chi connectivity index (χ0v) is 17.8. The van der Waals surface area contributed by atoms with Gasteiger partial charge >= 0.3 is 0 Å². The molecule has 1 N–H and O–H groups in total. The molecule has 3 heteroatoms. The van der Waals surface area contributed by atoms with Gasteiger partial charge in [-0.2, -0.15) is 0 Å². The second-order valence-corrected chi connectivity index (χ2v) is 8.62. The Morgan fingerprint density at radius 3 is 2.12 bits per heavy atom. The lowest BCUT2D eigenvalue weighted by molar-refractivity contribution is 0.0980. The Bertz CT molecular complexity index is 1560. The molecule has 0 aromatic heterocycles. The minimum atomic E-state index is -0.197. The van der Waals surface area contributed by atoms with Crippen LogP contribution in [0.3, 0.4) is 0 Å². The number of rotatable bonds is 2. The van der Waals surface area contributed by atoms with E-state index >= 15 is 0 Å². The molecule has 5 aromatic carbocycles. The first-order valence-electron chi connectivity index (χ1n) is 11.2. The van der Waals surface area contributed by atoms with E-state index in [1.165, 1.54) is 0 Å². The Balaban J connectivity index is 1.56. The van der Waals surface area contributed by atoms with Gasteiger partial charge < -0.3 is 5.32 Å². The monoisotopic (exact) mass is 424 g/mol. The topological polar surface area (TPSA) is 32.3 Å². The van der Waals surface area contributed by atoms with Crippen molar-refractivity contribution in [2.24, 2.45) is 0 Å². The van der Waals surface area contributed by atoms with Gasteiger partial charge in [0.1, 0.15) is 6.17 Å². The van der Waals surface area contributed by atoms with Crippen LogP contribution in [0.5, 0.6) is 0 Å². The molecule has 2 aliphatic rings. The summed E-state index contributed by atoms with van der Waals surface area (Å²) in [7, 11) is 0. The van der Waals surface area contributed by atoms with E-state index in [1.54, 1.807) is 0 Å². The Labute approximate surface area is 191 Å². The van der Waals surface area contributed by atoms with Crippen molar-refractivity contribution in [2.45, 2.75) is 6.17 Å². The largest absolute Gasteiger partial charge is 0.359 e. The summed E-state index contributed by atoms with van der Waals surface area (Å²) in [5, 5.41) is 5.73. The van der Waals surface area contributed by atoms with Crippen LogP contribution in [0.4, 0.5) is 11.4 Å². The van der Waals surface area contributed by atoms with Crippen LogP contribution in [0.1, 0.15) is 22.1 Å². The van der Waals surface area contributed by atoms with Crippen molar-refractivity contribution >= 4 is 28.1 Å². The second kappa shape index (κ2) is 6.81. The number of amides is 1. The maximum absolute atomic E-state index is 14.0. The van der Waals surface area contributed by atoms with Gasteiger partial charge in [-0.05, 0) is 51.9 Å². The lowest BCUT2D eigenvalue weighted by Crippen LogP contribution is -2.37. The second-order valence-electron chi connectivity index (χ2n) is 8.62. The summed E-state index contributed by atoms with van der Waals surface area (Å²) in [6.07, 6.45) is -0.197. The molecular formula is C30H20N2O. The van der Waals surface area contributed by atoms with Crippen molar-refractivity contribution in [3.63, 3.8) is 0 Å².